The van der Waals surface area contributed by atoms with Crippen LogP contribution in [0.4, 0.5) is 0 Å². The summed E-state index contributed by atoms with van der Waals surface area (Å²) in [6.07, 6.45) is 1.45. The van der Waals surface area contributed by atoms with Crippen LogP contribution in [0.1, 0.15) is 20.8 Å². The van der Waals surface area contributed by atoms with Crippen molar-refractivity contribution < 1.29 is 9.53 Å². The van der Waals surface area contributed by atoms with Crippen molar-refractivity contribution in [1.29, 1.82) is 0 Å². The van der Waals surface area contributed by atoms with E-state index in [1.807, 2.05) is 20.8 Å². The number of aliphatic imine (C=N–C) groups is 1. The molecule has 0 fully saturated rings. The molecule has 0 aromatic carbocycles. The van der Waals surface area contributed by atoms with Crippen molar-refractivity contribution in [1.82, 2.24) is 0 Å². The summed E-state index contributed by atoms with van der Waals surface area (Å²) in [5, 5.41) is 0. The predicted molar refractivity (Wildman–Crippen MR) is 38.7 cm³/mol. The van der Waals surface area contributed by atoms with Crippen molar-refractivity contribution in [2.24, 2.45) is 4.99 Å². The van der Waals surface area contributed by atoms with Crippen LogP contribution in [-0.4, -0.2) is 24.8 Å². The van der Waals surface area contributed by atoms with Gasteiger partial charge in [-0.1, -0.05) is 0 Å². The molecular weight excluding hydrogens is 130 g/mol. The van der Waals surface area contributed by atoms with Crippen LogP contribution >= 0.6 is 0 Å². The average Bonchev–Trinajstić information content (AvgIpc) is 1.78. The SMILES string of the molecule is CC(C)(C)OCCN=C=O. The Bertz CT molecular complexity index is 131. The third kappa shape index (κ3) is 7.34. The van der Waals surface area contributed by atoms with Crippen LogP contribution in [0.3, 0.4) is 0 Å². The quantitative estimate of drug-likeness (QED) is 0.337. The van der Waals surface area contributed by atoms with Crippen molar-refractivity contribution in [3.8, 4) is 0 Å². The molecule has 0 atom stereocenters. The number of ether oxygens (including phenoxy) is 1. The Hall–Kier alpha value is -0.660. The maximum atomic E-state index is 9.58. The van der Waals surface area contributed by atoms with Crippen molar-refractivity contribution in [2.45, 2.75) is 26.4 Å². The molecule has 0 amide bonds. The van der Waals surface area contributed by atoms with Gasteiger partial charge in [0.15, 0.2) is 0 Å². The number of carbonyl (C=O) groups excluding carboxylic acids is 1. The Morgan fingerprint density at radius 1 is 1.50 bits per heavy atom. The molecule has 0 aromatic heterocycles. The van der Waals surface area contributed by atoms with Gasteiger partial charge in [-0.25, -0.2) is 9.79 Å². The fourth-order valence-electron chi connectivity index (χ4n) is 0.443. The standard InChI is InChI=1S/C7H13NO2/c1-7(2,3)10-5-4-8-6-9/h4-5H2,1-3H3. The minimum Gasteiger partial charge on any atom is -0.374 e. The highest BCUT2D eigenvalue weighted by atomic mass is 16.5. The molecule has 0 aliphatic rings. The van der Waals surface area contributed by atoms with Crippen LogP contribution in [-0.2, 0) is 9.53 Å². The lowest BCUT2D eigenvalue weighted by Gasteiger charge is -2.18. The summed E-state index contributed by atoms with van der Waals surface area (Å²) in [6.45, 7) is 6.76. The molecule has 0 N–H and O–H groups in total. The van der Waals surface area contributed by atoms with Gasteiger partial charge in [0.1, 0.15) is 0 Å². The second kappa shape index (κ2) is 4.20. The lowest BCUT2D eigenvalue weighted by Crippen LogP contribution is -2.20. The van der Waals surface area contributed by atoms with Gasteiger partial charge >= 0.3 is 0 Å². The molecule has 0 saturated carbocycles. The van der Waals surface area contributed by atoms with Gasteiger partial charge in [0.25, 0.3) is 0 Å². The zero-order chi connectivity index (χ0) is 8.04. The Morgan fingerprint density at radius 3 is 2.50 bits per heavy atom. The fraction of sp³-hybridized carbons (Fsp3) is 0.857. The normalized spacial score (nSPS) is 10.7. The lowest BCUT2D eigenvalue weighted by atomic mass is 10.2. The Balaban J connectivity index is 3.28. The zero-order valence-electron chi connectivity index (χ0n) is 6.68. The first-order valence-corrected chi connectivity index (χ1v) is 3.24. The first kappa shape index (κ1) is 9.34. The Morgan fingerprint density at radius 2 is 2.10 bits per heavy atom. The van der Waals surface area contributed by atoms with Crippen LogP contribution in [0.25, 0.3) is 0 Å². The molecule has 0 unspecified atom stereocenters. The van der Waals surface area contributed by atoms with E-state index in [9.17, 15) is 4.79 Å². The summed E-state index contributed by atoms with van der Waals surface area (Å²) < 4.78 is 5.26. The molecule has 0 aliphatic carbocycles. The second-order valence-corrected chi connectivity index (χ2v) is 2.93. The third-order valence-electron chi connectivity index (χ3n) is 0.803. The van der Waals surface area contributed by atoms with E-state index in [4.69, 9.17) is 4.74 Å². The number of rotatable bonds is 3. The molecule has 0 saturated heterocycles. The topological polar surface area (TPSA) is 38.7 Å². The monoisotopic (exact) mass is 143 g/mol. The first-order valence-electron chi connectivity index (χ1n) is 3.24. The van der Waals surface area contributed by atoms with Crippen LogP contribution in [0.2, 0.25) is 0 Å². The molecule has 58 valence electrons. The van der Waals surface area contributed by atoms with Crippen LogP contribution in [0.15, 0.2) is 4.99 Å². The summed E-state index contributed by atoms with van der Waals surface area (Å²) in [7, 11) is 0. The molecule has 3 nitrogen and oxygen atoms in total. The van der Waals surface area contributed by atoms with E-state index in [2.05, 4.69) is 4.99 Å². The molecular formula is C7H13NO2. The van der Waals surface area contributed by atoms with Gasteiger partial charge in [0.2, 0.25) is 6.08 Å². The van der Waals surface area contributed by atoms with Crippen molar-refractivity contribution in [2.75, 3.05) is 13.2 Å². The van der Waals surface area contributed by atoms with E-state index in [1.165, 1.54) is 6.08 Å². The summed E-state index contributed by atoms with van der Waals surface area (Å²) in [6, 6.07) is 0. The number of hydrogen-bond acceptors (Lipinski definition) is 3. The second-order valence-electron chi connectivity index (χ2n) is 2.93. The van der Waals surface area contributed by atoms with Gasteiger partial charge in [0.05, 0.1) is 18.8 Å². The van der Waals surface area contributed by atoms with Gasteiger partial charge in [-0.3, -0.25) is 0 Å². The van der Waals surface area contributed by atoms with Crippen molar-refractivity contribution in [3.05, 3.63) is 0 Å². The van der Waals surface area contributed by atoms with E-state index >= 15 is 0 Å². The van der Waals surface area contributed by atoms with Crippen LogP contribution < -0.4 is 0 Å². The van der Waals surface area contributed by atoms with Crippen LogP contribution in [0.5, 0.6) is 0 Å². The molecule has 0 aromatic rings. The summed E-state index contributed by atoms with van der Waals surface area (Å²) in [5.74, 6) is 0. The maximum Gasteiger partial charge on any atom is 0.235 e. The lowest BCUT2D eigenvalue weighted by molar-refractivity contribution is 0.00213. The molecule has 0 heterocycles. The minimum absolute atomic E-state index is 0.140. The Kier molecular flexibility index (Phi) is 3.93. The average molecular weight is 143 g/mol. The predicted octanol–water partition coefficient (Wildman–Crippen LogP) is 1.14. The Labute approximate surface area is 61.1 Å². The smallest absolute Gasteiger partial charge is 0.235 e. The largest absolute Gasteiger partial charge is 0.374 e. The summed E-state index contributed by atoms with van der Waals surface area (Å²) in [5.41, 5.74) is -0.140. The highest BCUT2D eigenvalue weighted by Gasteiger charge is 2.08. The van der Waals surface area contributed by atoms with E-state index in [0.29, 0.717) is 13.2 Å². The number of hydrogen-bond donors (Lipinski definition) is 0. The highest BCUT2D eigenvalue weighted by Crippen LogP contribution is 2.05. The highest BCUT2D eigenvalue weighted by molar-refractivity contribution is 5.32. The van der Waals surface area contributed by atoms with E-state index in [-0.39, 0.29) is 5.60 Å². The summed E-state index contributed by atoms with van der Waals surface area (Å²) in [4.78, 5) is 12.9. The van der Waals surface area contributed by atoms with Gasteiger partial charge in [-0.15, -0.1) is 0 Å². The van der Waals surface area contributed by atoms with E-state index in [0.717, 1.165) is 0 Å². The minimum atomic E-state index is -0.140. The third-order valence-corrected chi connectivity index (χ3v) is 0.803. The van der Waals surface area contributed by atoms with Crippen LogP contribution in [0, 0.1) is 0 Å². The molecule has 0 radical (unpaired) electrons. The molecule has 0 spiro atoms. The van der Waals surface area contributed by atoms with Gasteiger partial charge in [0, 0.05) is 0 Å². The van der Waals surface area contributed by atoms with Crippen molar-refractivity contribution in [3.63, 3.8) is 0 Å². The molecule has 0 bridgehead atoms. The first-order chi connectivity index (χ1) is 4.56. The maximum absolute atomic E-state index is 9.58. The fourth-order valence-corrected chi connectivity index (χ4v) is 0.443. The van der Waals surface area contributed by atoms with Crippen molar-refractivity contribution >= 4 is 6.08 Å². The number of isocyanates is 1. The molecule has 0 aliphatic heterocycles. The number of nitrogens with zero attached hydrogens (tertiary/aromatic N) is 1. The van der Waals surface area contributed by atoms with Gasteiger partial charge in [-0.05, 0) is 20.8 Å². The van der Waals surface area contributed by atoms with Gasteiger partial charge < -0.3 is 4.74 Å². The molecule has 10 heavy (non-hydrogen) atoms. The van der Waals surface area contributed by atoms with E-state index < -0.39 is 0 Å². The zero-order valence-corrected chi connectivity index (χ0v) is 6.68. The molecule has 3 heteroatoms. The van der Waals surface area contributed by atoms with Gasteiger partial charge in [-0.2, -0.15) is 0 Å². The summed E-state index contributed by atoms with van der Waals surface area (Å²) >= 11 is 0. The molecule has 0 rings (SSSR count). The van der Waals surface area contributed by atoms with E-state index in [1.54, 1.807) is 0 Å².